The number of hydrogen-bond donors (Lipinski definition) is 0. The molecule has 4 rings (SSSR count). The van der Waals surface area contributed by atoms with Crippen LogP contribution >= 0.6 is 11.6 Å². The van der Waals surface area contributed by atoms with Crippen molar-refractivity contribution < 1.29 is 13.9 Å². The average molecular weight is 463 g/mol. The smallest absolute Gasteiger partial charge is 0.336 e. The first-order valence-corrected chi connectivity index (χ1v) is 10.9. The number of fused-ring (bicyclic) bond motifs is 1. The van der Waals surface area contributed by atoms with Crippen LogP contribution in [0.5, 0.6) is 0 Å². The highest BCUT2D eigenvalue weighted by Crippen LogP contribution is 2.21. The van der Waals surface area contributed by atoms with E-state index in [-0.39, 0.29) is 6.61 Å². The van der Waals surface area contributed by atoms with Gasteiger partial charge in [0, 0.05) is 39.4 Å². The van der Waals surface area contributed by atoms with E-state index in [0.29, 0.717) is 22.7 Å². The summed E-state index contributed by atoms with van der Waals surface area (Å²) >= 11 is 6.27. The SMILES string of the molecule is Cc1ccc2c(COC(=O)C=Cc3c(C)nn(Cc4ccccc4Cl)c3C)cc(=O)oc2c1. The van der Waals surface area contributed by atoms with Crippen LogP contribution in [-0.4, -0.2) is 15.7 Å². The maximum absolute atomic E-state index is 12.4. The molecule has 0 saturated carbocycles. The molecule has 0 N–H and O–H groups in total. The van der Waals surface area contributed by atoms with Crippen molar-refractivity contribution in [2.45, 2.75) is 33.9 Å². The molecule has 0 amide bonds. The molecule has 4 aromatic rings. The van der Waals surface area contributed by atoms with Gasteiger partial charge >= 0.3 is 11.6 Å². The van der Waals surface area contributed by atoms with Gasteiger partial charge in [0.2, 0.25) is 0 Å². The molecule has 2 aromatic carbocycles. The van der Waals surface area contributed by atoms with Gasteiger partial charge in [-0.3, -0.25) is 4.68 Å². The van der Waals surface area contributed by atoms with Crippen LogP contribution < -0.4 is 5.63 Å². The zero-order valence-corrected chi connectivity index (χ0v) is 19.3. The summed E-state index contributed by atoms with van der Waals surface area (Å²) < 4.78 is 12.5. The van der Waals surface area contributed by atoms with E-state index in [9.17, 15) is 9.59 Å². The molecule has 0 fully saturated rings. The lowest BCUT2D eigenvalue weighted by Gasteiger charge is -2.07. The number of halogens is 1. The van der Waals surface area contributed by atoms with Crippen molar-refractivity contribution >= 4 is 34.6 Å². The van der Waals surface area contributed by atoms with Crippen LogP contribution in [0.15, 0.2) is 63.8 Å². The van der Waals surface area contributed by atoms with E-state index in [0.717, 1.165) is 33.5 Å². The zero-order chi connectivity index (χ0) is 23.5. The Bertz CT molecular complexity index is 1430. The monoisotopic (exact) mass is 462 g/mol. The van der Waals surface area contributed by atoms with Crippen molar-refractivity contribution in [1.82, 2.24) is 9.78 Å². The second-order valence-electron chi connectivity index (χ2n) is 7.86. The summed E-state index contributed by atoms with van der Waals surface area (Å²) in [6.45, 7) is 6.25. The van der Waals surface area contributed by atoms with Gasteiger partial charge in [0.25, 0.3) is 0 Å². The zero-order valence-electron chi connectivity index (χ0n) is 18.6. The second kappa shape index (κ2) is 9.46. The van der Waals surface area contributed by atoms with Gasteiger partial charge in [-0.1, -0.05) is 41.9 Å². The number of hydrogen-bond acceptors (Lipinski definition) is 5. The van der Waals surface area contributed by atoms with Crippen LogP contribution in [0, 0.1) is 20.8 Å². The number of benzene rings is 2. The van der Waals surface area contributed by atoms with Gasteiger partial charge in [-0.25, -0.2) is 9.59 Å². The number of carbonyl (C=O) groups excluding carboxylic acids is 1. The number of nitrogens with zero attached hydrogens (tertiary/aromatic N) is 2. The highest BCUT2D eigenvalue weighted by Gasteiger charge is 2.12. The van der Waals surface area contributed by atoms with Gasteiger partial charge in [-0.05, 0) is 50.1 Å². The minimum absolute atomic E-state index is 0.0297. The Morgan fingerprint density at radius 1 is 1.12 bits per heavy atom. The van der Waals surface area contributed by atoms with Crippen LogP contribution in [-0.2, 0) is 22.7 Å². The second-order valence-corrected chi connectivity index (χ2v) is 8.27. The highest BCUT2D eigenvalue weighted by atomic mass is 35.5. The molecule has 0 saturated heterocycles. The standard InChI is InChI=1S/C26H23ClN2O4/c1-16-8-9-22-20(13-26(31)33-24(22)12-16)15-32-25(30)11-10-21-17(2)28-29(18(21)3)14-19-6-4-5-7-23(19)27/h4-13H,14-15H2,1-3H3. The minimum atomic E-state index is -0.513. The number of ether oxygens (including phenoxy) is 1. The van der Waals surface area contributed by atoms with E-state index in [4.69, 9.17) is 20.8 Å². The summed E-state index contributed by atoms with van der Waals surface area (Å²) in [5, 5.41) is 6.00. The highest BCUT2D eigenvalue weighted by molar-refractivity contribution is 6.31. The Morgan fingerprint density at radius 3 is 2.70 bits per heavy atom. The number of carbonyl (C=O) groups is 1. The topological polar surface area (TPSA) is 74.3 Å². The number of aryl methyl sites for hydroxylation is 2. The molecule has 168 valence electrons. The van der Waals surface area contributed by atoms with Gasteiger partial charge in [0.1, 0.15) is 12.2 Å². The van der Waals surface area contributed by atoms with Gasteiger partial charge in [0.05, 0.1) is 12.2 Å². The molecule has 0 aliphatic heterocycles. The molecule has 0 bridgehead atoms. The summed E-state index contributed by atoms with van der Waals surface area (Å²) in [5.41, 5.74) is 5.10. The Balaban J connectivity index is 1.48. The summed E-state index contributed by atoms with van der Waals surface area (Å²) in [6, 6.07) is 14.5. The predicted octanol–water partition coefficient (Wildman–Crippen LogP) is 5.37. The number of rotatable bonds is 6. The predicted molar refractivity (Wildman–Crippen MR) is 128 cm³/mol. The first-order chi connectivity index (χ1) is 15.8. The van der Waals surface area contributed by atoms with Crippen LogP contribution in [0.25, 0.3) is 17.0 Å². The molecule has 0 aliphatic rings. The molecule has 0 atom stereocenters. The quantitative estimate of drug-likeness (QED) is 0.219. The summed E-state index contributed by atoms with van der Waals surface area (Å²) in [6.07, 6.45) is 3.07. The Morgan fingerprint density at radius 2 is 1.91 bits per heavy atom. The van der Waals surface area contributed by atoms with Gasteiger partial charge < -0.3 is 9.15 Å². The number of aromatic nitrogens is 2. The third-order valence-corrected chi connectivity index (χ3v) is 5.83. The molecule has 2 heterocycles. The Labute approximate surface area is 196 Å². The van der Waals surface area contributed by atoms with E-state index >= 15 is 0 Å². The lowest BCUT2D eigenvalue weighted by Crippen LogP contribution is -2.06. The van der Waals surface area contributed by atoms with Crippen LogP contribution in [0.2, 0.25) is 5.02 Å². The first kappa shape index (κ1) is 22.6. The van der Waals surface area contributed by atoms with Crippen molar-refractivity contribution in [2.24, 2.45) is 0 Å². The van der Waals surface area contributed by atoms with Crippen molar-refractivity contribution in [3.05, 3.63) is 104 Å². The lowest BCUT2D eigenvalue weighted by atomic mass is 10.1. The van der Waals surface area contributed by atoms with Crippen molar-refractivity contribution in [1.29, 1.82) is 0 Å². The Kier molecular flexibility index (Phi) is 6.47. The van der Waals surface area contributed by atoms with Crippen LogP contribution in [0.4, 0.5) is 0 Å². The van der Waals surface area contributed by atoms with E-state index in [2.05, 4.69) is 5.10 Å². The Hall–Kier alpha value is -3.64. The fourth-order valence-corrected chi connectivity index (χ4v) is 3.89. The molecule has 33 heavy (non-hydrogen) atoms. The minimum Gasteiger partial charge on any atom is -0.458 e. The van der Waals surface area contributed by atoms with Crippen LogP contribution in [0.3, 0.4) is 0 Å². The summed E-state index contributed by atoms with van der Waals surface area (Å²) in [7, 11) is 0. The van der Waals surface area contributed by atoms with Gasteiger partial charge in [-0.2, -0.15) is 5.10 Å². The fraction of sp³-hybridized carbons (Fsp3) is 0.192. The van der Waals surface area contributed by atoms with Crippen molar-refractivity contribution in [3.63, 3.8) is 0 Å². The molecule has 2 aromatic heterocycles. The molecule has 0 radical (unpaired) electrons. The molecule has 0 aliphatic carbocycles. The van der Waals surface area contributed by atoms with E-state index in [1.165, 1.54) is 12.1 Å². The van der Waals surface area contributed by atoms with E-state index in [1.807, 2.05) is 61.9 Å². The molecule has 0 spiro atoms. The third-order valence-electron chi connectivity index (χ3n) is 5.46. The summed E-state index contributed by atoms with van der Waals surface area (Å²) in [5.74, 6) is -0.513. The van der Waals surface area contributed by atoms with Crippen molar-refractivity contribution in [2.75, 3.05) is 0 Å². The molecular weight excluding hydrogens is 440 g/mol. The maximum atomic E-state index is 12.4. The number of esters is 1. The normalized spacial score (nSPS) is 11.4. The average Bonchev–Trinajstić information content (AvgIpc) is 3.04. The van der Waals surface area contributed by atoms with E-state index < -0.39 is 11.6 Å². The van der Waals surface area contributed by atoms with Crippen molar-refractivity contribution in [3.8, 4) is 0 Å². The largest absolute Gasteiger partial charge is 0.458 e. The fourth-order valence-electron chi connectivity index (χ4n) is 3.70. The first-order valence-electron chi connectivity index (χ1n) is 10.5. The third kappa shape index (κ3) is 5.07. The van der Waals surface area contributed by atoms with E-state index in [1.54, 1.807) is 12.1 Å². The molecule has 0 unspecified atom stereocenters. The van der Waals surface area contributed by atoms with Gasteiger partial charge in [-0.15, -0.1) is 0 Å². The molecule has 6 nitrogen and oxygen atoms in total. The lowest BCUT2D eigenvalue weighted by molar-refractivity contribution is -0.138. The summed E-state index contributed by atoms with van der Waals surface area (Å²) in [4.78, 5) is 24.2. The van der Waals surface area contributed by atoms with Gasteiger partial charge in [0.15, 0.2) is 0 Å². The molecule has 7 heteroatoms. The molecular formula is C26H23ClN2O4. The van der Waals surface area contributed by atoms with Crippen LogP contribution in [0.1, 0.15) is 33.6 Å². The maximum Gasteiger partial charge on any atom is 0.336 e.